The van der Waals surface area contributed by atoms with Gasteiger partial charge >= 0.3 is 0 Å². The van der Waals surface area contributed by atoms with Crippen LogP contribution in [0, 0.1) is 17.5 Å². The summed E-state index contributed by atoms with van der Waals surface area (Å²) in [5.41, 5.74) is -0.854. The molecule has 2 aliphatic heterocycles. The van der Waals surface area contributed by atoms with Crippen molar-refractivity contribution in [3.8, 4) is 5.75 Å². The summed E-state index contributed by atoms with van der Waals surface area (Å²) in [7, 11) is 0. The van der Waals surface area contributed by atoms with Crippen molar-refractivity contribution < 1.29 is 27.9 Å². The molecule has 3 aromatic rings. The minimum atomic E-state index is -1.07. The third kappa shape index (κ3) is 3.83. The van der Waals surface area contributed by atoms with E-state index >= 15 is 0 Å². The summed E-state index contributed by atoms with van der Waals surface area (Å²) in [6.45, 7) is -0.161. The number of fused-ring (bicyclic) bond motifs is 5. The number of aromatic nitrogens is 1. The van der Waals surface area contributed by atoms with Gasteiger partial charge in [0.25, 0.3) is 11.8 Å². The fourth-order valence-corrected chi connectivity index (χ4v) is 4.73. The molecule has 0 fully saturated rings. The van der Waals surface area contributed by atoms with Gasteiger partial charge in [-0.3, -0.25) is 14.4 Å². The molecule has 180 valence electrons. The molecule has 0 radical (unpaired) electrons. The number of pyridine rings is 1. The number of rotatable bonds is 3. The molecule has 11 heteroatoms. The summed E-state index contributed by atoms with van der Waals surface area (Å²) < 4.78 is 43.2. The zero-order chi connectivity index (χ0) is 25.0. The number of carbonyl (C=O) groups is 2. The lowest BCUT2D eigenvalue weighted by Crippen LogP contribution is -2.44. The predicted octanol–water partition coefficient (Wildman–Crippen LogP) is 3.31. The normalized spacial score (nSPS) is 16.4. The van der Waals surface area contributed by atoms with Gasteiger partial charge in [-0.1, -0.05) is 23.7 Å². The van der Waals surface area contributed by atoms with Crippen LogP contribution >= 0.6 is 11.6 Å². The van der Waals surface area contributed by atoms with Gasteiger partial charge in [0.1, 0.15) is 11.4 Å². The lowest BCUT2D eigenvalue weighted by atomic mass is 10.0. The molecule has 0 aliphatic carbocycles. The molecule has 0 saturated carbocycles. The van der Waals surface area contributed by atoms with Crippen LogP contribution in [-0.2, 0) is 19.5 Å². The van der Waals surface area contributed by atoms with Crippen LogP contribution in [0.3, 0.4) is 0 Å². The predicted molar refractivity (Wildman–Crippen MR) is 119 cm³/mol. The van der Waals surface area contributed by atoms with Gasteiger partial charge in [-0.15, -0.1) is 0 Å². The number of aromatic hydroxyl groups is 1. The third-order valence-corrected chi connectivity index (χ3v) is 6.59. The Morgan fingerprint density at radius 3 is 2.60 bits per heavy atom. The highest BCUT2D eigenvalue weighted by molar-refractivity contribution is 6.30. The van der Waals surface area contributed by atoms with Gasteiger partial charge in [-0.25, -0.2) is 13.2 Å². The van der Waals surface area contributed by atoms with Crippen molar-refractivity contribution in [3.63, 3.8) is 0 Å². The monoisotopic (exact) mass is 503 g/mol. The Balaban J connectivity index is 1.52. The van der Waals surface area contributed by atoms with Gasteiger partial charge in [-0.2, -0.15) is 0 Å². The first-order valence-electron chi connectivity index (χ1n) is 10.6. The van der Waals surface area contributed by atoms with Crippen LogP contribution in [0.15, 0.2) is 41.3 Å². The molecule has 2 N–H and O–H groups in total. The lowest BCUT2D eigenvalue weighted by molar-refractivity contribution is 0.0653. The molecule has 1 atom stereocenters. The highest BCUT2D eigenvalue weighted by atomic mass is 35.5. The van der Waals surface area contributed by atoms with E-state index in [-0.39, 0.29) is 42.3 Å². The second-order valence-electron chi connectivity index (χ2n) is 8.45. The Morgan fingerprint density at radius 1 is 1.14 bits per heavy atom. The Labute approximate surface area is 201 Å². The van der Waals surface area contributed by atoms with E-state index in [9.17, 15) is 32.7 Å². The fraction of sp³-hybridized carbons (Fsp3) is 0.208. The quantitative estimate of drug-likeness (QED) is 0.574. The van der Waals surface area contributed by atoms with Crippen molar-refractivity contribution in [3.05, 3.63) is 97.2 Å². The smallest absolute Gasteiger partial charge is 0.274 e. The Bertz CT molecular complexity index is 1470. The van der Waals surface area contributed by atoms with Crippen LogP contribution in [0.25, 0.3) is 0 Å². The maximum Gasteiger partial charge on any atom is 0.274 e. The first-order valence-corrected chi connectivity index (χ1v) is 11.0. The van der Waals surface area contributed by atoms with Crippen molar-refractivity contribution in [2.45, 2.75) is 25.6 Å². The highest BCUT2D eigenvalue weighted by Crippen LogP contribution is 2.34. The standard InChI is InChI=1S/C24H17ClF3N3O4/c25-16-3-1-2-11(19(16)28)7-29-23(34)15-10-31-14-4-12-5-17(26)18(27)6-13(12)8-30(9-14)24(35)20(31)22(33)21(15)32/h1-3,5-6,10,14,33H,4,7-9H2,(H,29,34)/t14-/m0/s1. The molecule has 2 amide bonds. The van der Waals surface area contributed by atoms with E-state index in [4.69, 9.17) is 11.6 Å². The zero-order valence-corrected chi connectivity index (χ0v) is 18.7. The summed E-state index contributed by atoms with van der Waals surface area (Å²) in [5.74, 6) is -5.27. The van der Waals surface area contributed by atoms with E-state index in [1.54, 1.807) is 0 Å². The summed E-state index contributed by atoms with van der Waals surface area (Å²) in [5, 5.41) is 12.9. The number of halogens is 4. The van der Waals surface area contributed by atoms with Crippen molar-refractivity contribution in [1.82, 2.24) is 14.8 Å². The number of hydrogen-bond donors (Lipinski definition) is 2. The van der Waals surface area contributed by atoms with Gasteiger partial charge in [0.2, 0.25) is 5.43 Å². The van der Waals surface area contributed by atoms with Crippen molar-refractivity contribution in [2.75, 3.05) is 6.54 Å². The van der Waals surface area contributed by atoms with Crippen LogP contribution < -0.4 is 10.7 Å². The number of carbonyl (C=O) groups excluding carboxylic acids is 2. The Kier molecular flexibility index (Phi) is 5.55. The number of nitrogens with one attached hydrogen (secondary N) is 1. The van der Waals surface area contributed by atoms with Crippen molar-refractivity contribution >= 4 is 23.4 Å². The fourth-order valence-electron chi connectivity index (χ4n) is 4.54. The second kappa shape index (κ2) is 8.46. The van der Waals surface area contributed by atoms with E-state index in [0.717, 1.165) is 18.3 Å². The van der Waals surface area contributed by atoms with Gasteiger partial charge in [0, 0.05) is 31.4 Å². The van der Waals surface area contributed by atoms with Gasteiger partial charge < -0.3 is 19.9 Å². The average molecular weight is 504 g/mol. The average Bonchev–Trinajstić information content (AvgIpc) is 2.98. The zero-order valence-electron chi connectivity index (χ0n) is 17.9. The van der Waals surface area contributed by atoms with E-state index in [1.807, 2.05) is 0 Å². The summed E-state index contributed by atoms with van der Waals surface area (Å²) in [6.07, 6.45) is 1.33. The molecule has 35 heavy (non-hydrogen) atoms. The molecular weight excluding hydrogens is 487 g/mol. The molecule has 0 unspecified atom stereocenters. The molecule has 3 heterocycles. The van der Waals surface area contributed by atoms with Crippen LogP contribution in [-0.4, -0.2) is 32.9 Å². The maximum absolute atomic E-state index is 14.1. The van der Waals surface area contributed by atoms with E-state index in [1.165, 1.54) is 27.7 Å². The molecule has 7 nitrogen and oxygen atoms in total. The number of hydrogen-bond acceptors (Lipinski definition) is 4. The summed E-state index contributed by atoms with van der Waals surface area (Å²) >= 11 is 5.75. The van der Waals surface area contributed by atoms with Gasteiger partial charge in [0.05, 0.1) is 11.1 Å². The SMILES string of the molecule is O=C(NCc1cccc(Cl)c1F)c1cn2c(c(O)c1=O)C(=O)N1Cc3cc(F)c(F)cc3C[C@H]2C1. The first-order chi connectivity index (χ1) is 16.7. The van der Waals surface area contributed by atoms with Crippen molar-refractivity contribution in [2.24, 2.45) is 0 Å². The minimum absolute atomic E-state index is 0.0249. The van der Waals surface area contributed by atoms with Gasteiger partial charge in [0.15, 0.2) is 23.1 Å². The van der Waals surface area contributed by atoms with E-state index in [2.05, 4.69) is 5.32 Å². The minimum Gasteiger partial charge on any atom is -0.503 e. The summed E-state index contributed by atoms with van der Waals surface area (Å²) in [4.78, 5) is 40.0. The largest absolute Gasteiger partial charge is 0.503 e. The lowest BCUT2D eigenvalue weighted by Gasteiger charge is -2.34. The van der Waals surface area contributed by atoms with Gasteiger partial charge in [-0.05, 0) is 35.7 Å². The van der Waals surface area contributed by atoms with Crippen LogP contribution in [0.4, 0.5) is 13.2 Å². The Morgan fingerprint density at radius 2 is 1.86 bits per heavy atom. The third-order valence-electron chi connectivity index (χ3n) is 6.30. The maximum atomic E-state index is 14.1. The van der Waals surface area contributed by atoms with E-state index in [0.29, 0.717) is 11.1 Å². The molecule has 1 aromatic heterocycles. The molecule has 0 saturated heterocycles. The second-order valence-corrected chi connectivity index (χ2v) is 8.86. The van der Waals surface area contributed by atoms with E-state index < -0.39 is 52.0 Å². The van der Waals surface area contributed by atoms with Crippen molar-refractivity contribution in [1.29, 1.82) is 0 Å². The topological polar surface area (TPSA) is 91.6 Å². The van der Waals surface area contributed by atoms with Crippen LogP contribution in [0.1, 0.15) is 43.6 Å². The number of nitrogens with zero attached hydrogens (tertiary/aromatic N) is 2. The number of benzene rings is 2. The first kappa shape index (κ1) is 23.0. The number of amides is 2. The molecule has 2 aliphatic rings. The molecule has 0 spiro atoms. The molecule has 5 rings (SSSR count). The highest BCUT2D eigenvalue weighted by Gasteiger charge is 2.38. The summed E-state index contributed by atoms with van der Waals surface area (Å²) in [6, 6.07) is 5.80. The van der Waals surface area contributed by atoms with Crippen LogP contribution in [0.2, 0.25) is 5.02 Å². The molecular formula is C24H17ClF3N3O4. The molecule has 2 bridgehead atoms. The Hall–Kier alpha value is -3.79. The van der Waals surface area contributed by atoms with Crippen LogP contribution in [0.5, 0.6) is 5.75 Å². The molecule has 2 aromatic carbocycles.